The summed E-state index contributed by atoms with van der Waals surface area (Å²) in [7, 11) is 1.88. The van der Waals surface area contributed by atoms with Crippen LogP contribution < -0.4 is 5.32 Å². The summed E-state index contributed by atoms with van der Waals surface area (Å²) < 4.78 is 18.4. The Balaban J connectivity index is 2.51. The van der Waals surface area contributed by atoms with Crippen molar-refractivity contribution in [1.82, 2.24) is 5.32 Å². The molecule has 1 unspecified atom stereocenters. The molecule has 0 aromatic carbocycles. The van der Waals surface area contributed by atoms with Crippen LogP contribution in [-0.4, -0.2) is 19.0 Å². The first-order valence-electron chi connectivity index (χ1n) is 4.76. The van der Waals surface area contributed by atoms with Gasteiger partial charge in [0.2, 0.25) is 5.85 Å². The highest BCUT2D eigenvalue weighted by atomic mass is 19.2. The predicted octanol–water partition coefficient (Wildman–Crippen LogP) is 2.36. The van der Waals surface area contributed by atoms with Crippen molar-refractivity contribution in [3.63, 3.8) is 0 Å². The van der Waals surface area contributed by atoms with E-state index in [0.717, 1.165) is 25.0 Å². The van der Waals surface area contributed by atoms with Crippen molar-refractivity contribution in [3.8, 4) is 0 Å². The topological polar surface area (TPSA) is 21.3 Å². The van der Waals surface area contributed by atoms with E-state index in [1.165, 1.54) is 13.8 Å². The lowest BCUT2D eigenvalue weighted by atomic mass is 10.0. The summed E-state index contributed by atoms with van der Waals surface area (Å²) in [6.07, 6.45) is 4.93. The van der Waals surface area contributed by atoms with Crippen LogP contribution >= 0.6 is 0 Å². The summed E-state index contributed by atoms with van der Waals surface area (Å²) in [4.78, 5) is 0. The molecule has 0 fully saturated rings. The summed E-state index contributed by atoms with van der Waals surface area (Å²) >= 11 is 0. The molecule has 1 N–H and O–H groups in total. The zero-order chi connectivity index (χ0) is 9.90. The Bertz CT molecular complexity index is 196. The lowest BCUT2D eigenvalue weighted by Crippen LogP contribution is -2.28. The fraction of sp³-hybridized carbons (Fsp3) is 0.800. The molecule has 0 aromatic rings. The summed E-state index contributed by atoms with van der Waals surface area (Å²) in [6, 6.07) is 0. The standard InChI is InChI=1S/C10H18FNO/c1-10(2,11)13-9-6-4-5-8(7-9)12-3/h7,9,12H,4-6H2,1-3H3. The number of hydrogen-bond acceptors (Lipinski definition) is 2. The van der Waals surface area contributed by atoms with Gasteiger partial charge in [-0.1, -0.05) is 0 Å². The Hall–Kier alpha value is -0.570. The first-order chi connectivity index (χ1) is 6.01. The van der Waals surface area contributed by atoms with Gasteiger partial charge in [0.1, 0.15) is 0 Å². The maximum absolute atomic E-state index is 13.1. The van der Waals surface area contributed by atoms with Gasteiger partial charge in [0, 0.05) is 12.7 Å². The Labute approximate surface area is 79.2 Å². The summed E-state index contributed by atoms with van der Waals surface area (Å²) in [5.74, 6) is -1.53. The zero-order valence-electron chi connectivity index (χ0n) is 8.56. The van der Waals surface area contributed by atoms with Crippen LogP contribution in [0.4, 0.5) is 4.39 Å². The molecule has 0 radical (unpaired) electrons. The Morgan fingerprint density at radius 1 is 1.62 bits per heavy atom. The first kappa shape index (κ1) is 10.5. The molecule has 1 aliphatic rings. The minimum atomic E-state index is -1.53. The van der Waals surface area contributed by atoms with Gasteiger partial charge in [0.25, 0.3) is 0 Å². The SMILES string of the molecule is CNC1=CC(OC(C)(C)F)CCC1. The summed E-state index contributed by atoms with van der Waals surface area (Å²) in [5, 5.41) is 3.08. The molecule has 0 saturated heterocycles. The number of nitrogens with one attached hydrogen (secondary N) is 1. The van der Waals surface area contributed by atoms with E-state index >= 15 is 0 Å². The molecule has 76 valence electrons. The molecule has 0 bridgehead atoms. The molecule has 0 saturated carbocycles. The second-order valence-corrected chi connectivity index (χ2v) is 3.85. The van der Waals surface area contributed by atoms with E-state index in [1.54, 1.807) is 0 Å². The van der Waals surface area contributed by atoms with E-state index in [4.69, 9.17) is 4.74 Å². The van der Waals surface area contributed by atoms with Gasteiger partial charge in [-0.2, -0.15) is 0 Å². The molecular formula is C10H18FNO. The van der Waals surface area contributed by atoms with Crippen molar-refractivity contribution < 1.29 is 9.13 Å². The predicted molar refractivity (Wildman–Crippen MR) is 51.1 cm³/mol. The van der Waals surface area contributed by atoms with Crippen molar-refractivity contribution >= 4 is 0 Å². The molecular weight excluding hydrogens is 169 g/mol. The van der Waals surface area contributed by atoms with Gasteiger partial charge in [-0.3, -0.25) is 0 Å². The van der Waals surface area contributed by atoms with Crippen molar-refractivity contribution in [2.24, 2.45) is 0 Å². The number of rotatable bonds is 3. The fourth-order valence-corrected chi connectivity index (χ4v) is 1.55. The van der Waals surface area contributed by atoms with Crippen LogP contribution in [0.5, 0.6) is 0 Å². The number of alkyl halides is 1. The summed E-state index contributed by atoms with van der Waals surface area (Å²) in [5.41, 5.74) is 1.15. The van der Waals surface area contributed by atoms with E-state index in [0.29, 0.717) is 0 Å². The quantitative estimate of drug-likeness (QED) is 0.732. The van der Waals surface area contributed by atoms with Gasteiger partial charge in [0.15, 0.2) is 0 Å². The molecule has 0 heterocycles. The zero-order valence-corrected chi connectivity index (χ0v) is 8.56. The van der Waals surface area contributed by atoms with E-state index in [2.05, 4.69) is 5.32 Å². The van der Waals surface area contributed by atoms with Crippen LogP contribution in [0.15, 0.2) is 11.8 Å². The van der Waals surface area contributed by atoms with Gasteiger partial charge in [-0.05, 0) is 39.2 Å². The van der Waals surface area contributed by atoms with Crippen LogP contribution in [0, 0.1) is 0 Å². The maximum Gasteiger partial charge on any atom is 0.204 e. The highest BCUT2D eigenvalue weighted by molar-refractivity contribution is 5.06. The molecule has 2 nitrogen and oxygen atoms in total. The molecule has 1 aliphatic carbocycles. The normalized spacial score (nSPS) is 24.0. The molecule has 1 rings (SSSR count). The lowest BCUT2D eigenvalue weighted by Gasteiger charge is -2.26. The molecule has 0 aliphatic heterocycles. The molecule has 0 aromatic heterocycles. The second-order valence-electron chi connectivity index (χ2n) is 3.85. The van der Waals surface area contributed by atoms with Crippen molar-refractivity contribution in [3.05, 3.63) is 11.8 Å². The van der Waals surface area contributed by atoms with Crippen molar-refractivity contribution in [1.29, 1.82) is 0 Å². The molecule has 3 heteroatoms. The third-order valence-corrected chi connectivity index (χ3v) is 2.07. The molecule has 13 heavy (non-hydrogen) atoms. The van der Waals surface area contributed by atoms with Crippen LogP contribution in [0.1, 0.15) is 33.1 Å². The second kappa shape index (κ2) is 4.09. The maximum atomic E-state index is 13.1. The van der Waals surface area contributed by atoms with Gasteiger partial charge in [-0.15, -0.1) is 0 Å². The average Bonchev–Trinajstić information content (AvgIpc) is 2.01. The van der Waals surface area contributed by atoms with Crippen molar-refractivity contribution in [2.75, 3.05) is 7.05 Å². The Morgan fingerprint density at radius 3 is 2.85 bits per heavy atom. The number of ether oxygens (including phenoxy) is 1. The van der Waals surface area contributed by atoms with Gasteiger partial charge < -0.3 is 10.1 Å². The van der Waals surface area contributed by atoms with Crippen molar-refractivity contribution in [2.45, 2.75) is 45.1 Å². The smallest absolute Gasteiger partial charge is 0.204 e. The Kier molecular flexibility index (Phi) is 3.31. The van der Waals surface area contributed by atoms with E-state index < -0.39 is 5.85 Å². The van der Waals surface area contributed by atoms with E-state index in [1.807, 2.05) is 13.1 Å². The first-order valence-corrected chi connectivity index (χ1v) is 4.76. The van der Waals surface area contributed by atoms with Gasteiger partial charge in [-0.25, -0.2) is 4.39 Å². The minimum absolute atomic E-state index is 0.0730. The molecule has 1 atom stereocenters. The average molecular weight is 187 g/mol. The largest absolute Gasteiger partial charge is 0.392 e. The van der Waals surface area contributed by atoms with Crippen LogP contribution in [-0.2, 0) is 4.74 Å². The summed E-state index contributed by atoms with van der Waals surface area (Å²) in [6.45, 7) is 2.88. The fourth-order valence-electron chi connectivity index (χ4n) is 1.55. The number of halogens is 1. The minimum Gasteiger partial charge on any atom is -0.392 e. The van der Waals surface area contributed by atoms with E-state index in [-0.39, 0.29) is 6.10 Å². The van der Waals surface area contributed by atoms with Crippen LogP contribution in [0.2, 0.25) is 0 Å². The highest BCUT2D eigenvalue weighted by Crippen LogP contribution is 2.23. The number of hydrogen-bond donors (Lipinski definition) is 1. The number of allylic oxidation sites excluding steroid dienone is 1. The van der Waals surface area contributed by atoms with E-state index in [9.17, 15) is 4.39 Å². The van der Waals surface area contributed by atoms with Gasteiger partial charge in [0.05, 0.1) is 6.10 Å². The highest BCUT2D eigenvalue weighted by Gasteiger charge is 2.23. The van der Waals surface area contributed by atoms with Crippen LogP contribution in [0.25, 0.3) is 0 Å². The monoisotopic (exact) mass is 187 g/mol. The molecule has 0 spiro atoms. The third-order valence-electron chi connectivity index (χ3n) is 2.07. The lowest BCUT2D eigenvalue weighted by molar-refractivity contribution is -0.142. The third kappa shape index (κ3) is 3.77. The van der Waals surface area contributed by atoms with Crippen LogP contribution in [0.3, 0.4) is 0 Å². The Morgan fingerprint density at radius 2 is 2.31 bits per heavy atom. The molecule has 0 amide bonds. The van der Waals surface area contributed by atoms with Gasteiger partial charge >= 0.3 is 0 Å².